The van der Waals surface area contributed by atoms with Crippen LogP contribution in [0.3, 0.4) is 0 Å². The number of methoxy groups -OCH3 is 1. The minimum absolute atomic E-state index is 0.152. The van der Waals surface area contributed by atoms with Gasteiger partial charge in [0.25, 0.3) is 5.56 Å². The predicted molar refractivity (Wildman–Crippen MR) is 79.0 cm³/mol. The summed E-state index contributed by atoms with van der Waals surface area (Å²) in [6.45, 7) is 0.177. The Hall–Kier alpha value is -2.48. The van der Waals surface area contributed by atoms with Crippen LogP contribution in [0.15, 0.2) is 23.0 Å². The topological polar surface area (TPSA) is 104 Å². The monoisotopic (exact) mass is 321 g/mol. The van der Waals surface area contributed by atoms with Crippen molar-refractivity contribution in [2.75, 3.05) is 7.11 Å². The second-order valence-electron chi connectivity index (χ2n) is 4.61. The molecule has 0 spiro atoms. The maximum absolute atomic E-state index is 12.4. The van der Waals surface area contributed by atoms with E-state index in [9.17, 15) is 19.5 Å². The first-order valence-corrected chi connectivity index (χ1v) is 6.90. The number of rotatable bonds is 5. The van der Waals surface area contributed by atoms with E-state index in [1.807, 2.05) is 0 Å². The summed E-state index contributed by atoms with van der Waals surface area (Å²) in [5, 5.41) is 10.8. The largest absolute Gasteiger partial charge is 0.550 e. The van der Waals surface area contributed by atoms with Gasteiger partial charge in [0.2, 0.25) is 0 Å². The molecule has 0 aliphatic heterocycles. The molecule has 2 aromatic rings. The standard InChI is InChI=1S/C14H14N2O5S/c1-21-13(20)8-4-5-9-10(7-8)15-14(22)16(12(9)19)6-2-3-11(17)18/h4-5,7H,2-3,6H2,1H3,(H,15,22)(H,17,18)/p-1. The highest BCUT2D eigenvalue weighted by atomic mass is 32.1. The molecule has 0 fully saturated rings. The summed E-state index contributed by atoms with van der Waals surface area (Å²) < 4.78 is 6.08. The van der Waals surface area contributed by atoms with E-state index in [0.717, 1.165) is 0 Å². The molecule has 0 unspecified atom stereocenters. The highest BCUT2D eigenvalue weighted by molar-refractivity contribution is 7.71. The predicted octanol–water partition coefficient (Wildman–Crippen LogP) is 0.376. The Morgan fingerprint density at radius 3 is 2.77 bits per heavy atom. The van der Waals surface area contributed by atoms with Crippen molar-refractivity contribution in [1.82, 2.24) is 9.55 Å². The third-order valence-corrected chi connectivity index (χ3v) is 3.49. The maximum atomic E-state index is 12.4. The smallest absolute Gasteiger partial charge is 0.337 e. The fourth-order valence-electron chi connectivity index (χ4n) is 2.08. The zero-order valence-corrected chi connectivity index (χ0v) is 12.6. The molecule has 0 saturated heterocycles. The van der Waals surface area contributed by atoms with E-state index in [0.29, 0.717) is 16.5 Å². The van der Waals surface area contributed by atoms with Crippen LogP contribution in [0.2, 0.25) is 0 Å². The quantitative estimate of drug-likeness (QED) is 0.630. The SMILES string of the molecule is COC(=O)c1ccc2c(=O)n(CCCC(=O)[O-])c(=S)[nH]c2c1. The lowest BCUT2D eigenvalue weighted by Crippen LogP contribution is -2.25. The summed E-state index contributed by atoms with van der Waals surface area (Å²) in [5.74, 6) is -1.69. The number of nitrogens with one attached hydrogen (secondary N) is 1. The molecule has 2 rings (SSSR count). The molecular formula is C14H13N2O5S-. The number of carbonyl (C=O) groups is 2. The van der Waals surface area contributed by atoms with Crippen molar-refractivity contribution in [3.63, 3.8) is 0 Å². The molecule has 116 valence electrons. The molecule has 0 aliphatic carbocycles. The molecule has 0 bridgehead atoms. The van der Waals surface area contributed by atoms with E-state index in [1.165, 1.54) is 29.9 Å². The molecule has 7 nitrogen and oxygen atoms in total. The van der Waals surface area contributed by atoms with Crippen LogP contribution in [0.1, 0.15) is 23.2 Å². The molecule has 22 heavy (non-hydrogen) atoms. The van der Waals surface area contributed by atoms with Crippen LogP contribution in [-0.4, -0.2) is 28.6 Å². The van der Waals surface area contributed by atoms with Gasteiger partial charge in [-0.1, -0.05) is 0 Å². The number of hydrogen-bond acceptors (Lipinski definition) is 6. The van der Waals surface area contributed by atoms with Crippen molar-refractivity contribution in [2.45, 2.75) is 19.4 Å². The molecule has 8 heteroatoms. The van der Waals surface area contributed by atoms with Gasteiger partial charge in [0.1, 0.15) is 0 Å². The number of nitrogens with zero attached hydrogens (tertiary/aromatic N) is 1. The number of aromatic nitrogens is 2. The summed E-state index contributed by atoms with van der Waals surface area (Å²) in [6.07, 6.45) is 0.0893. The van der Waals surface area contributed by atoms with Gasteiger partial charge < -0.3 is 19.6 Å². The first-order valence-electron chi connectivity index (χ1n) is 6.49. The van der Waals surface area contributed by atoms with Crippen LogP contribution in [-0.2, 0) is 16.1 Å². The first-order chi connectivity index (χ1) is 10.4. The van der Waals surface area contributed by atoms with E-state index in [2.05, 4.69) is 9.72 Å². The maximum Gasteiger partial charge on any atom is 0.337 e. The molecule has 0 atom stereocenters. The highest BCUT2D eigenvalue weighted by Gasteiger charge is 2.10. The molecule has 1 heterocycles. The van der Waals surface area contributed by atoms with Crippen LogP contribution in [0.4, 0.5) is 0 Å². The number of esters is 1. The van der Waals surface area contributed by atoms with E-state index in [1.54, 1.807) is 0 Å². The summed E-state index contributed by atoms with van der Waals surface area (Å²) >= 11 is 5.11. The Kier molecular flexibility index (Phi) is 4.71. The summed E-state index contributed by atoms with van der Waals surface area (Å²) in [4.78, 5) is 37.2. The second kappa shape index (κ2) is 6.52. The average Bonchev–Trinajstić information content (AvgIpc) is 2.48. The van der Waals surface area contributed by atoms with Gasteiger partial charge in [0, 0.05) is 12.5 Å². The van der Waals surface area contributed by atoms with Crippen molar-refractivity contribution < 1.29 is 19.4 Å². The minimum Gasteiger partial charge on any atom is -0.550 e. The van der Waals surface area contributed by atoms with Crippen molar-refractivity contribution in [1.29, 1.82) is 0 Å². The Labute approximate surface area is 130 Å². The lowest BCUT2D eigenvalue weighted by Gasteiger charge is -2.09. The average molecular weight is 321 g/mol. The zero-order valence-electron chi connectivity index (χ0n) is 11.8. The van der Waals surface area contributed by atoms with Gasteiger partial charge in [0.05, 0.1) is 23.6 Å². The van der Waals surface area contributed by atoms with Gasteiger partial charge in [-0.3, -0.25) is 9.36 Å². The number of aromatic amines is 1. The highest BCUT2D eigenvalue weighted by Crippen LogP contribution is 2.12. The molecule has 1 aromatic carbocycles. The number of fused-ring (bicyclic) bond motifs is 1. The Morgan fingerprint density at radius 2 is 2.14 bits per heavy atom. The third-order valence-electron chi connectivity index (χ3n) is 3.17. The lowest BCUT2D eigenvalue weighted by molar-refractivity contribution is -0.305. The Balaban J connectivity index is 2.46. The van der Waals surface area contributed by atoms with Crippen LogP contribution >= 0.6 is 12.2 Å². The lowest BCUT2D eigenvalue weighted by atomic mass is 10.1. The third kappa shape index (κ3) is 3.22. The Morgan fingerprint density at radius 1 is 1.41 bits per heavy atom. The normalized spacial score (nSPS) is 10.6. The van der Waals surface area contributed by atoms with Crippen LogP contribution in [0.25, 0.3) is 10.9 Å². The van der Waals surface area contributed by atoms with Gasteiger partial charge in [-0.15, -0.1) is 0 Å². The van der Waals surface area contributed by atoms with E-state index in [-0.39, 0.29) is 29.7 Å². The number of carboxylic acid groups (broad SMARTS) is 1. The van der Waals surface area contributed by atoms with Gasteiger partial charge in [-0.05, 0) is 43.3 Å². The number of aliphatic carboxylic acids is 1. The molecule has 1 N–H and O–H groups in total. The van der Waals surface area contributed by atoms with Crippen molar-refractivity contribution >= 4 is 35.1 Å². The van der Waals surface area contributed by atoms with Crippen LogP contribution in [0, 0.1) is 4.77 Å². The van der Waals surface area contributed by atoms with Gasteiger partial charge >= 0.3 is 5.97 Å². The number of hydrogen-bond donors (Lipinski definition) is 1. The van der Waals surface area contributed by atoms with Crippen LogP contribution in [0.5, 0.6) is 0 Å². The molecule has 1 aromatic heterocycles. The number of H-pyrrole nitrogens is 1. The summed E-state index contributed by atoms with van der Waals surface area (Å²) in [6, 6.07) is 4.48. The fourth-order valence-corrected chi connectivity index (χ4v) is 2.37. The summed E-state index contributed by atoms with van der Waals surface area (Å²) in [7, 11) is 1.27. The van der Waals surface area contributed by atoms with Gasteiger partial charge in [-0.25, -0.2) is 4.79 Å². The molecule has 0 aliphatic rings. The van der Waals surface area contributed by atoms with Gasteiger partial charge in [-0.2, -0.15) is 0 Å². The molecule has 0 radical (unpaired) electrons. The van der Waals surface area contributed by atoms with Crippen LogP contribution < -0.4 is 10.7 Å². The molecule has 0 amide bonds. The van der Waals surface area contributed by atoms with E-state index >= 15 is 0 Å². The number of benzene rings is 1. The number of carboxylic acids is 1. The zero-order chi connectivity index (χ0) is 16.3. The van der Waals surface area contributed by atoms with E-state index < -0.39 is 11.9 Å². The van der Waals surface area contributed by atoms with Crippen molar-refractivity contribution in [3.05, 3.63) is 38.9 Å². The van der Waals surface area contributed by atoms with Gasteiger partial charge in [0.15, 0.2) is 4.77 Å². The minimum atomic E-state index is -1.17. The summed E-state index contributed by atoms with van der Waals surface area (Å²) in [5.41, 5.74) is 0.386. The fraction of sp³-hybridized carbons (Fsp3) is 0.286. The number of ether oxygens (including phenoxy) is 1. The number of carbonyl (C=O) groups excluding carboxylic acids is 2. The van der Waals surface area contributed by atoms with E-state index in [4.69, 9.17) is 12.2 Å². The van der Waals surface area contributed by atoms with Crippen molar-refractivity contribution in [3.8, 4) is 0 Å². The molecular weight excluding hydrogens is 308 g/mol. The second-order valence-corrected chi connectivity index (χ2v) is 5.00. The van der Waals surface area contributed by atoms with Crippen molar-refractivity contribution in [2.24, 2.45) is 0 Å². The molecule has 0 saturated carbocycles. The Bertz CT molecular complexity index is 852. The first kappa shape index (κ1) is 15.9.